The quantitative estimate of drug-likeness (QED) is 0.759. The summed E-state index contributed by atoms with van der Waals surface area (Å²) < 4.78 is 0. The monoisotopic (exact) mass is 365 g/mol. The summed E-state index contributed by atoms with van der Waals surface area (Å²) in [4.78, 5) is 12.8. The number of nitrogens with one attached hydrogen (secondary N) is 3. The van der Waals surface area contributed by atoms with E-state index < -0.39 is 0 Å². The Labute approximate surface area is 156 Å². The summed E-state index contributed by atoms with van der Waals surface area (Å²) in [6.45, 7) is 3.66. The predicted octanol–water partition coefficient (Wildman–Crippen LogP) is 2.09. The van der Waals surface area contributed by atoms with Crippen LogP contribution in [0.3, 0.4) is 0 Å². The molecule has 0 atom stereocenters. The molecule has 2 aliphatic heterocycles. The molecule has 26 heavy (non-hydrogen) atoms. The molecule has 0 saturated carbocycles. The van der Waals surface area contributed by atoms with Crippen LogP contribution in [-0.4, -0.2) is 42.0 Å². The highest BCUT2D eigenvalue weighted by Crippen LogP contribution is 2.31. The van der Waals surface area contributed by atoms with Gasteiger partial charge in [0.15, 0.2) is 0 Å². The molecule has 0 aliphatic carbocycles. The number of nitriles is 1. The van der Waals surface area contributed by atoms with Gasteiger partial charge in [0, 0.05) is 44.1 Å². The van der Waals surface area contributed by atoms with Gasteiger partial charge in [0.25, 0.3) is 0 Å². The molecule has 0 bridgehead atoms. The zero-order chi connectivity index (χ0) is 17.8. The van der Waals surface area contributed by atoms with Gasteiger partial charge in [0.05, 0.1) is 28.1 Å². The SMILES string of the molecule is N#Cc1ccc(Nc2cc(C3=CNCS3)nc(N3CCNCC3)n2)cc1. The Bertz CT molecular complexity index is 851. The first-order valence-electron chi connectivity index (χ1n) is 8.50. The molecular weight excluding hydrogens is 346 g/mol. The van der Waals surface area contributed by atoms with Crippen molar-refractivity contribution in [2.75, 3.05) is 42.3 Å². The van der Waals surface area contributed by atoms with E-state index in [9.17, 15) is 0 Å². The minimum Gasteiger partial charge on any atom is -0.381 e. The molecule has 0 spiro atoms. The summed E-state index contributed by atoms with van der Waals surface area (Å²) in [7, 11) is 0. The summed E-state index contributed by atoms with van der Waals surface area (Å²) in [5, 5.41) is 18.9. The molecule has 4 rings (SSSR count). The van der Waals surface area contributed by atoms with Crippen LogP contribution in [0.4, 0.5) is 17.5 Å². The van der Waals surface area contributed by atoms with Gasteiger partial charge in [-0.15, -0.1) is 11.8 Å². The fraction of sp³-hybridized carbons (Fsp3) is 0.278. The lowest BCUT2D eigenvalue weighted by Crippen LogP contribution is -2.44. The van der Waals surface area contributed by atoms with Crippen LogP contribution >= 0.6 is 11.8 Å². The van der Waals surface area contributed by atoms with Crippen LogP contribution in [0.1, 0.15) is 11.3 Å². The summed E-state index contributed by atoms with van der Waals surface area (Å²) in [5.74, 6) is 2.36. The van der Waals surface area contributed by atoms with Gasteiger partial charge < -0.3 is 20.9 Å². The highest BCUT2D eigenvalue weighted by molar-refractivity contribution is 8.08. The van der Waals surface area contributed by atoms with Gasteiger partial charge in [0.1, 0.15) is 5.82 Å². The average Bonchev–Trinajstić information content (AvgIpc) is 3.24. The average molecular weight is 365 g/mol. The fourth-order valence-electron chi connectivity index (χ4n) is 2.85. The van der Waals surface area contributed by atoms with Crippen LogP contribution in [0.2, 0.25) is 0 Å². The van der Waals surface area contributed by atoms with Crippen molar-refractivity contribution in [3.8, 4) is 6.07 Å². The fourth-order valence-corrected chi connectivity index (χ4v) is 3.59. The molecule has 1 aromatic heterocycles. The lowest BCUT2D eigenvalue weighted by molar-refractivity contribution is 0.580. The van der Waals surface area contributed by atoms with E-state index in [4.69, 9.17) is 15.2 Å². The van der Waals surface area contributed by atoms with E-state index >= 15 is 0 Å². The predicted molar refractivity (Wildman–Crippen MR) is 105 cm³/mol. The molecule has 1 aromatic carbocycles. The largest absolute Gasteiger partial charge is 0.381 e. The molecule has 0 unspecified atom stereocenters. The molecule has 7 nitrogen and oxygen atoms in total. The Balaban J connectivity index is 1.65. The van der Waals surface area contributed by atoms with Crippen molar-refractivity contribution in [2.45, 2.75) is 0 Å². The van der Waals surface area contributed by atoms with Gasteiger partial charge in [0.2, 0.25) is 5.95 Å². The van der Waals surface area contributed by atoms with Crippen molar-refractivity contribution in [1.29, 1.82) is 5.26 Å². The first-order chi connectivity index (χ1) is 12.8. The number of piperazine rings is 1. The molecule has 3 N–H and O–H groups in total. The third-order valence-corrected chi connectivity index (χ3v) is 5.15. The van der Waals surface area contributed by atoms with Crippen molar-refractivity contribution in [3.63, 3.8) is 0 Å². The molecule has 0 radical (unpaired) electrons. The van der Waals surface area contributed by atoms with E-state index in [0.29, 0.717) is 5.56 Å². The summed E-state index contributed by atoms with van der Waals surface area (Å²) in [6, 6.07) is 11.5. The number of aromatic nitrogens is 2. The molecule has 132 valence electrons. The standard InChI is InChI=1S/C18H19N7S/c19-10-13-1-3-14(4-2-13)22-17-9-15(16-11-21-12-26-16)23-18(24-17)25-7-5-20-6-8-25/h1-4,9,11,20-21H,5-8,12H2,(H,22,23,24). The number of thioether (sulfide) groups is 1. The molecular formula is C18H19N7S. The van der Waals surface area contributed by atoms with Crippen LogP contribution < -0.4 is 20.9 Å². The normalized spacial score (nSPS) is 16.6. The molecule has 2 aliphatic rings. The maximum absolute atomic E-state index is 8.94. The number of anilines is 3. The van der Waals surface area contributed by atoms with E-state index in [2.05, 4.69) is 26.9 Å². The molecule has 1 fully saturated rings. The smallest absolute Gasteiger partial charge is 0.227 e. The molecule has 3 heterocycles. The topological polar surface area (TPSA) is 88.9 Å². The van der Waals surface area contributed by atoms with E-state index in [-0.39, 0.29) is 0 Å². The Morgan fingerprint density at radius 2 is 1.96 bits per heavy atom. The van der Waals surface area contributed by atoms with Gasteiger partial charge in [-0.2, -0.15) is 10.2 Å². The molecule has 2 aromatic rings. The number of benzene rings is 1. The van der Waals surface area contributed by atoms with E-state index in [1.165, 1.54) is 0 Å². The maximum atomic E-state index is 8.94. The van der Waals surface area contributed by atoms with E-state index in [1.807, 2.05) is 24.4 Å². The lowest BCUT2D eigenvalue weighted by atomic mass is 10.2. The summed E-state index contributed by atoms with van der Waals surface area (Å²) in [6.07, 6.45) is 2.00. The van der Waals surface area contributed by atoms with Gasteiger partial charge in [-0.25, -0.2) is 4.98 Å². The van der Waals surface area contributed by atoms with Crippen molar-refractivity contribution < 1.29 is 0 Å². The first-order valence-corrected chi connectivity index (χ1v) is 9.49. The lowest BCUT2D eigenvalue weighted by Gasteiger charge is -2.28. The van der Waals surface area contributed by atoms with Crippen molar-refractivity contribution >= 4 is 34.1 Å². The Morgan fingerprint density at radius 1 is 1.15 bits per heavy atom. The second kappa shape index (κ2) is 7.64. The number of hydrogen-bond donors (Lipinski definition) is 3. The van der Waals surface area contributed by atoms with Crippen LogP contribution in [0.25, 0.3) is 4.91 Å². The second-order valence-electron chi connectivity index (χ2n) is 5.99. The molecule has 1 saturated heterocycles. The third kappa shape index (κ3) is 3.74. The molecule has 8 heteroatoms. The Morgan fingerprint density at radius 3 is 2.65 bits per heavy atom. The van der Waals surface area contributed by atoms with Crippen LogP contribution in [0.5, 0.6) is 0 Å². The van der Waals surface area contributed by atoms with Crippen LogP contribution in [0, 0.1) is 11.3 Å². The zero-order valence-electron chi connectivity index (χ0n) is 14.2. The van der Waals surface area contributed by atoms with Crippen molar-refractivity contribution in [1.82, 2.24) is 20.6 Å². The van der Waals surface area contributed by atoms with Gasteiger partial charge in [-0.3, -0.25) is 0 Å². The Kier molecular flexibility index (Phi) is 4.91. The van der Waals surface area contributed by atoms with Crippen LogP contribution in [-0.2, 0) is 0 Å². The number of nitrogens with zero attached hydrogens (tertiary/aromatic N) is 4. The zero-order valence-corrected chi connectivity index (χ0v) is 15.0. The number of rotatable bonds is 4. The highest BCUT2D eigenvalue weighted by atomic mass is 32.2. The van der Waals surface area contributed by atoms with Gasteiger partial charge in [-0.05, 0) is 24.3 Å². The second-order valence-corrected chi connectivity index (χ2v) is 7.01. The van der Waals surface area contributed by atoms with Crippen molar-refractivity contribution in [2.24, 2.45) is 0 Å². The van der Waals surface area contributed by atoms with Crippen molar-refractivity contribution in [3.05, 3.63) is 47.8 Å². The van der Waals surface area contributed by atoms with Crippen LogP contribution in [0.15, 0.2) is 36.5 Å². The summed E-state index contributed by atoms with van der Waals surface area (Å²) in [5.41, 5.74) is 2.45. The molecule has 0 amide bonds. The maximum Gasteiger partial charge on any atom is 0.227 e. The third-order valence-electron chi connectivity index (χ3n) is 4.20. The Hall–Kier alpha value is -2.76. The van der Waals surface area contributed by atoms with Gasteiger partial charge in [-0.1, -0.05) is 0 Å². The minimum atomic E-state index is 0.638. The number of hydrogen-bond acceptors (Lipinski definition) is 8. The highest BCUT2D eigenvalue weighted by Gasteiger charge is 2.18. The summed E-state index contributed by atoms with van der Waals surface area (Å²) >= 11 is 1.74. The minimum absolute atomic E-state index is 0.638. The first kappa shape index (κ1) is 16.7. The van der Waals surface area contributed by atoms with E-state index in [0.717, 1.165) is 60.1 Å². The van der Waals surface area contributed by atoms with E-state index in [1.54, 1.807) is 23.9 Å². The van der Waals surface area contributed by atoms with Gasteiger partial charge >= 0.3 is 0 Å².